The number of nitrogens with zero attached hydrogens (tertiary/aromatic N) is 5. The van der Waals surface area contributed by atoms with Crippen LogP contribution in [0.1, 0.15) is 28.9 Å². The van der Waals surface area contributed by atoms with Crippen LogP contribution in [-0.2, 0) is 19.4 Å². The summed E-state index contributed by atoms with van der Waals surface area (Å²) in [6.45, 7) is 3.00. The smallest absolute Gasteiger partial charge is 0.317 e. The molecule has 0 aromatic carbocycles. The quantitative estimate of drug-likeness (QED) is 0.865. The maximum Gasteiger partial charge on any atom is 0.317 e. The van der Waals surface area contributed by atoms with E-state index < -0.39 is 0 Å². The Hall–Kier alpha value is -3.08. The number of nitrogens with one attached hydrogen (secondary N) is 2. The number of carbonyl (C=O) groups is 1. The van der Waals surface area contributed by atoms with Gasteiger partial charge in [-0.2, -0.15) is 10.4 Å². The number of rotatable bonds is 3. The third-order valence-corrected chi connectivity index (χ3v) is 5.07. The van der Waals surface area contributed by atoms with Crippen molar-refractivity contribution in [1.29, 1.82) is 5.26 Å². The molecule has 2 aromatic rings. The lowest BCUT2D eigenvalue weighted by Crippen LogP contribution is -2.52. The topological polar surface area (TPSA) is 101 Å². The van der Waals surface area contributed by atoms with Crippen molar-refractivity contribution in [2.45, 2.75) is 25.8 Å². The van der Waals surface area contributed by atoms with Crippen molar-refractivity contribution in [1.82, 2.24) is 25.4 Å². The van der Waals surface area contributed by atoms with Gasteiger partial charge in [0.1, 0.15) is 11.9 Å². The van der Waals surface area contributed by atoms with Crippen LogP contribution in [0.4, 0.5) is 10.6 Å². The van der Waals surface area contributed by atoms with Crippen molar-refractivity contribution >= 4 is 11.8 Å². The number of piperazine rings is 1. The molecule has 2 N–H and O–H groups in total. The number of anilines is 1. The summed E-state index contributed by atoms with van der Waals surface area (Å²) in [6.07, 6.45) is 4.94. The summed E-state index contributed by atoms with van der Waals surface area (Å²) in [6, 6.07) is 5.64. The second kappa shape index (κ2) is 7.04. The third kappa shape index (κ3) is 3.08. The van der Waals surface area contributed by atoms with Crippen LogP contribution in [0.5, 0.6) is 0 Å². The van der Waals surface area contributed by atoms with Crippen LogP contribution < -0.4 is 10.2 Å². The molecule has 1 aliphatic carbocycles. The number of urea groups is 1. The molecule has 1 aliphatic heterocycles. The van der Waals surface area contributed by atoms with E-state index in [4.69, 9.17) is 0 Å². The molecule has 0 unspecified atom stereocenters. The molecule has 2 amide bonds. The molecule has 8 heteroatoms. The Labute approximate surface area is 151 Å². The SMILES string of the molecule is N#Cc1cccnc1N1CCN(C(=O)NCc2n[nH]c3c2CCC3)CC1. The van der Waals surface area contributed by atoms with Crippen molar-refractivity contribution in [2.75, 3.05) is 31.1 Å². The lowest BCUT2D eigenvalue weighted by atomic mass is 10.2. The van der Waals surface area contributed by atoms with Gasteiger partial charge < -0.3 is 15.1 Å². The first-order chi connectivity index (χ1) is 12.8. The standard InChI is InChI=1S/C18H21N7O/c19-11-13-3-2-6-20-17(13)24-7-9-25(10-8-24)18(26)21-12-16-14-4-1-5-15(14)22-23-16/h2-3,6H,1,4-5,7-10,12H2,(H,21,26)(H,22,23). The highest BCUT2D eigenvalue weighted by Crippen LogP contribution is 2.22. The van der Waals surface area contributed by atoms with E-state index in [1.54, 1.807) is 23.2 Å². The Bertz CT molecular complexity index is 845. The number of hydrogen-bond acceptors (Lipinski definition) is 5. The van der Waals surface area contributed by atoms with Gasteiger partial charge in [-0.25, -0.2) is 9.78 Å². The first-order valence-corrected chi connectivity index (χ1v) is 8.94. The summed E-state index contributed by atoms with van der Waals surface area (Å²) in [5, 5.41) is 19.6. The van der Waals surface area contributed by atoms with Gasteiger partial charge in [-0.1, -0.05) is 0 Å². The summed E-state index contributed by atoms with van der Waals surface area (Å²) < 4.78 is 0. The van der Waals surface area contributed by atoms with Gasteiger partial charge in [0.15, 0.2) is 0 Å². The number of pyridine rings is 1. The highest BCUT2D eigenvalue weighted by molar-refractivity contribution is 5.74. The predicted octanol–water partition coefficient (Wildman–Crippen LogP) is 1.20. The Morgan fingerprint density at radius 1 is 1.31 bits per heavy atom. The van der Waals surface area contributed by atoms with Gasteiger partial charge in [-0.05, 0) is 37.0 Å². The molecule has 1 fully saturated rings. The van der Waals surface area contributed by atoms with Gasteiger partial charge in [0.2, 0.25) is 0 Å². The number of H-pyrrole nitrogens is 1. The maximum absolute atomic E-state index is 12.5. The van der Waals surface area contributed by atoms with E-state index in [1.165, 1.54) is 11.3 Å². The monoisotopic (exact) mass is 351 g/mol. The molecule has 0 radical (unpaired) electrons. The lowest BCUT2D eigenvalue weighted by Gasteiger charge is -2.35. The molecule has 1 saturated heterocycles. The molecule has 26 heavy (non-hydrogen) atoms. The maximum atomic E-state index is 12.5. The highest BCUT2D eigenvalue weighted by atomic mass is 16.2. The minimum absolute atomic E-state index is 0.0686. The number of aromatic amines is 1. The average molecular weight is 351 g/mol. The minimum Gasteiger partial charge on any atom is -0.352 e. The van der Waals surface area contributed by atoms with Crippen molar-refractivity contribution in [3.8, 4) is 6.07 Å². The Balaban J connectivity index is 1.31. The molecule has 134 valence electrons. The molecule has 0 atom stereocenters. The molecule has 0 spiro atoms. The van der Waals surface area contributed by atoms with Crippen LogP contribution >= 0.6 is 0 Å². The number of nitriles is 1. The summed E-state index contributed by atoms with van der Waals surface area (Å²) in [5.74, 6) is 0.696. The largest absolute Gasteiger partial charge is 0.352 e. The first-order valence-electron chi connectivity index (χ1n) is 8.94. The zero-order chi connectivity index (χ0) is 17.9. The van der Waals surface area contributed by atoms with Crippen LogP contribution in [0.15, 0.2) is 18.3 Å². The summed E-state index contributed by atoms with van der Waals surface area (Å²) in [5.41, 5.74) is 4.01. The molecular weight excluding hydrogens is 330 g/mol. The second-order valence-corrected chi connectivity index (χ2v) is 6.60. The van der Waals surface area contributed by atoms with E-state index in [0.29, 0.717) is 44.1 Å². The van der Waals surface area contributed by atoms with Crippen LogP contribution in [0.2, 0.25) is 0 Å². The fourth-order valence-electron chi connectivity index (χ4n) is 3.66. The van der Waals surface area contributed by atoms with E-state index in [9.17, 15) is 10.1 Å². The van der Waals surface area contributed by atoms with E-state index in [1.807, 2.05) is 0 Å². The van der Waals surface area contributed by atoms with E-state index >= 15 is 0 Å². The summed E-state index contributed by atoms with van der Waals surface area (Å²) in [4.78, 5) is 20.6. The fourth-order valence-corrected chi connectivity index (χ4v) is 3.66. The average Bonchev–Trinajstić information content (AvgIpc) is 3.30. The molecule has 4 rings (SSSR count). The first kappa shape index (κ1) is 16.4. The van der Waals surface area contributed by atoms with Gasteiger partial charge >= 0.3 is 6.03 Å². The van der Waals surface area contributed by atoms with Crippen molar-refractivity contribution in [2.24, 2.45) is 0 Å². The molecule has 3 heterocycles. The lowest BCUT2D eigenvalue weighted by molar-refractivity contribution is 0.193. The van der Waals surface area contributed by atoms with E-state index in [2.05, 4.69) is 31.5 Å². The van der Waals surface area contributed by atoms with Gasteiger partial charge in [-0.3, -0.25) is 5.10 Å². The number of aryl methyl sites for hydroxylation is 1. The number of aromatic nitrogens is 3. The predicted molar refractivity (Wildman–Crippen MR) is 95.6 cm³/mol. The molecule has 0 bridgehead atoms. The number of hydrogen-bond donors (Lipinski definition) is 2. The van der Waals surface area contributed by atoms with Crippen LogP contribution in [0.25, 0.3) is 0 Å². The van der Waals surface area contributed by atoms with Crippen molar-refractivity contribution < 1.29 is 4.79 Å². The number of carbonyl (C=O) groups excluding carboxylic acids is 1. The fraction of sp³-hybridized carbons (Fsp3) is 0.444. The van der Waals surface area contributed by atoms with Crippen LogP contribution in [0, 0.1) is 11.3 Å². The molecule has 0 saturated carbocycles. The Morgan fingerprint density at radius 2 is 2.15 bits per heavy atom. The second-order valence-electron chi connectivity index (χ2n) is 6.60. The minimum atomic E-state index is -0.0686. The van der Waals surface area contributed by atoms with Gasteiger partial charge in [0.05, 0.1) is 17.8 Å². The zero-order valence-electron chi connectivity index (χ0n) is 14.5. The Morgan fingerprint density at radius 3 is 2.96 bits per heavy atom. The zero-order valence-corrected chi connectivity index (χ0v) is 14.5. The molecule has 2 aromatic heterocycles. The number of amides is 2. The van der Waals surface area contributed by atoms with Gasteiger partial charge in [0, 0.05) is 38.1 Å². The third-order valence-electron chi connectivity index (χ3n) is 5.07. The molecular formula is C18H21N7O. The highest BCUT2D eigenvalue weighted by Gasteiger charge is 2.24. The van der Waals surface area contributed by atoms with Crippen LogP contribution in [0.3, 0.4) is 0 Å². The van der Waals surface area contributed by atoms with Crippen LogP contribution in [-0.4, -0.2) is 52.3 Å². The van der Waals surface area contributed by atoms with Crippen molar-refractivity contribution in [3.05, 3.63) is 40.8 Å². The molecule has 2 aliphatic rings. The molecule has 8 nitrogen and oxygen atoms in total. The van der Waals surface area contributed by atoms with Crippen molar-refractivity contribution in [3.63, 3.8) is 0 Å². The normalized spacial score (nSPS) is 16.3. The van der Waals surface area contributed by atoms with E-state index in [-0.39, 0.29) is 6.03 Å². The van der Waals surface area contributed by atoms with Gasteiger partial charge in [-0.15, -0.1) is 0 Å². The van der Waals surface area contributed by atoms with Gasteiger partial charge in [0.25, 0.3) is 0 Å². The summed E-state index contributed by atoms with van der Waals surface area (Å²) >= 11 is 0. The Kier molecular flexibility index (Phi) is 4.44. The van der Waals surface area contributed by atoms with E-state index in [0.717, 1.165) is 25.0 Å². The summed E-state index contributed by atoms with van der Waals surface area (Å²) in [7, 11) is 0. The number of fused-ring (bicyclic) bond motifs is 1.